The van der Waals surface area contributed by atoms with Crippen LogP contribution in [-0.4, -0.2) is 50.6 Å². The SMILES string of the molecule is O=C(O)CC[C@@H](NC(=O)OC(C(=O)O)c1ccccc1[NH+]([O-])O)C(=O)O. The van der Waals surface area contributed by atoms with E-state index in [1.807, 2.05) is 5.32 Å². The minimum Gasteiger partial charge on any atom is -0.595 e. The summed E-state index contributed by atoms with van der Waals surface area (Å²) >= 11 is 0. The summed E-state index contributed by atoms with van der Waals surface area (Å²) in [6.07, 6.45) is -4.46. The van der Waals surface area contributed by atoms with E-state index in [9.17, 15) is 29.5 Å². The third kappa shape index (κ3) is 6.01. The molecule has 0 bridgehead atoms. The number of hydrogen-bond acceptors (Lipinski definition) is 7. The number of aliphatic carboxylic acids is 3. The first-order valence-corrected chi connectivity index (χ1v) is 7.10. The predicted molar refractivity (Wildman–Crippen MR) is 80.5 cm³/mol. The van der Waals surface area contributed by atoms with E-state index in [0.29, 0.717) is 0 Å². The number of rotatable bonds is 9. The van der Waals surface area contributed by atoms with Crippen LogP contribution in [0, 0.1) is 5.21 Å². The topological polar surface area (TPSA) is 198 Å². The lowest BCUT2D eigenvalue weighted by Crippen LogP contribution is -2.99. The van der Waals surface area contributed by atoms with Gasteiger partial charge in [-0.15, -0.1) is 0 Å². The van der Waals surface area contributed by atoms with Crippen molar-refractivity contribution in [2.75, 3.05) is 0 Å². The molecule has 0 aliphatic carbocycles. The van der Waals surface area contributed by atoms with Crippen molar-refractivity contribution in [1.82, 2.24) is 5.32 Å². The predicted octanol–water partition coefficient (Wildman–Crippen LogP) is -0.740. The smallest absolute Gasteiger partial charge is 0.409 e. The van der Waals surface area contributed by atoms with Gasteiger partial charge in [0, 0.05) is 12.5 Å². The molecule has 12 nitrogen and oxygen atoms in total. The summed E-state index contributed by atoms with van der Waals surface area (Å²) in [6, 6.07) is 3.31. The van der Waals surface area contributed by atoms with E-state index in [-0.39, 0.29) is 5.56 Å². The van der Waals surface area contributed by atoms with Gasteiger partial charge in [-0.2, -0.15) is 5.23 Å². The molecule has 0 heterocycles. The second-order valence-corrected chi connectivity index (χ2v) is 4.98. The van der Waals surface area contributed by atoms with Crippen LogP contribution in [0.2, 0.25) is 0 Å². The number of amides is 1. The molecule has 26 heavy (non-hydrogen) atoms. The van der Waals surface area contributed by atoms with Crippen molar-refractivity contribution < 1.29 is 49.7 Å². The molecule has 2 unspecified atom stereocenters. The van der Waals surface area contributed by atoms with E-state index in [4.69, 9.17) is 15.4 Å². The van der Waals surface area contributed by atoms with Crippen LogP contribution in [0.25, 0.3) is 0 Å². The number of hydrogen-bond donors (Lipinski definition) is 6. The average molecular weight is 372 g/mol. The van der Waals surface area contributed by atoms with Gasteiger partial charge in [0.2, 0.25) is 6.10 Å². The Morgan fingerprint density at radius 2 is 1.73 bits per heavy atom. The number of para-hydroxylation sites is 1. The number of ether oxygens (including phenoxy) is 1. The fraction of sp³-hybridized carbons (Fsp3) is 0.286. The van der Waals surface area contributed by atoms with Crippen LogP contribution in [-0.2, 0) is 19.1 Å². The van der Waals surface area contributed by atoms with Crippen molar-refractivity contribution in [2.45, 2.75) is 25.0 Å². The van der Waals surface area contributed by atoms with Crippen LogP contribution >= 0.6 is 0 Å². The zero-order valence-electron chi connectivity index (χ0n) is 13.1. The van der Waals surface area contributed by atoms with Gasteiger partial charge >= 0.3 is 24.0 Å². The summed E-state index contributed by atoms with van der Waals surface area (Å²) in [7, 11) is 0. The molecule has 12 heteroatoms. The van der Waals surface area contributed by atoms with Gasteiger partial charge < -0.3 is 30.6 Å². The molecule has 0 aliphatic heterocycles. The molecular weight excluding hydrogens is 356 g/mol. The largest absolute Gasteiger partial charge is 0.595 e. The van der Waals surface area contributed by atoms with Gasteiger partial charge in [0.05, 0.1) is 5.56 Å². The number of carbonyl (C=O) groups excluding carboxylic acids is 1. The lowest BCUT2D eigenvalue weighted by atomic mass is 10.1. The Balaban J connectivity index is 2.94. The molecule has 1 aromatic carbocycles. The molecule has 1 amide bonds. The van der Waals surface area contributed by atoms with Gasteiger partial charge in [-0.25, -0.2) is 19.6 Å². The van der Waals surface area contributed by atoms with E-state index in [1.54, 1.807) is 0 Å². The Bertz CT molecular complexity index is 690. The molecule has 1 aromatic rings. The van der Waals surface area contributed by atoms with E-state index < -0.39 is 59.9 Å². The van der Waals surface area contributed by atoms with Crippen molar-refractivity contribution in [1.29, 1.82) is 0 Å². The molecule has 0 spiro atoms. The highest BCUT2D eigenvalue weighted by molar-refractivity contribution is 5.83. The van der Waals surface area contributed by atoms with Gasteiger partial charge in [0.15, 0.2) is 5.69 Å². The maximum absolute atomic E-state index is 11.8. The fourth-order valence-corrected chi connectivity index (χ4v) is 1.98. The van der Waals surface area contributed by atoms with Crippen LogP contribution in [0.15, 0.2) is 24.3 Å². The molecule has 0 aromatic heterocycles. The van der Waals surface area contributed by atoms with Crippen LogP contribution in [0.5, 0.6) is 0 Å². The number of nitrogens with one attached hydrogen (secondary N) is 2. The van der Waals surface area contributed by atoms with Gasteiger partial charge in [-0.1, -0.05) is 12.1 Å². The third-order valence-electron chi connectivity index (χ3n) is 3.16. The van der Waals surface area contributed by atoms with Crippen LogP contribution in [0.1, 0.15) is 24.5 Å². The third-order valence-corrected chi connectivity index (χ3v) is 3.16. The Labute approximate surface area is 145 Å². The van der Waals surface area contributed by atoms with E-state index in [2.05, 4.69) is 4.74 Å². The average Bonchev–Trinajstić information content (AvgIpc) is 2.55. The molecule has 1 rings (SSSR count). The summed E-state index contributed by atoms with van der Waals surface area (Å²) < 4.78 is 4.65. The quantitative estimate of drug-likeness (QED) is 0.300. The molecule has 0 saturated heterocycles. The summed E-state index contributed by atoms with van der Waals surface area (Å²) in [4.78, 5) is 44.7. The lowest BCUT2D eigenvalue weighted by Gasteiger charge is -2.21. The zero-order valence-corrected chi connectivity index (χ0v) is 13.1. The lowest BCUT2D eigenvalue weighted by molar-refractivity contribution is -0.991. The second kappa shape index (κ2) is 9.31. The van der Waals surface area contributed by atoms with E-state index in [1.165, 1.54) is 12.1 Å². The molecule has 142 valence electrons. The van der Waals surface area contributed by atoms with E-state index >= 15 is 0 Å². The molecule has 0 radical (unpaired) electrons. The minimum absolute atomic E-state index is 0.319. The number of quaternary nitrogens is 1. The molecule has 0 fully saturated rings. The number of alkyl carbamates (subject to hydrolysis) is 1. The molecule has 0 saturated carbocycles. The van der Waals surface area contributed by atoms with Gasteiger partial charge in [0.25, 0.3) is 0 Å². The fourth-order valence-electron chi connectivity index (χ4n) is 1.98. The summed E-state index contributed by atoms with van der Waals surface area (Å²) in [6.45, 7) is 0. The second-order valence-electron chi connectivity index (χ2n) is 4.98. The van der Waals surface area contributed by atoms with Crippen molar-refractivity contribution >= 4 is 29.7 Å². The standard InChI is InChI=1S/C14H16N2O10/c17-10(18)6-5-8(12(19)20)15-14(23)26-11(13(21)22)7-3-1-2-4-9(7)16(24)25/h1-4,8,11,16,24H,5-6H2,(H,15,23)(H,17,18)(H,19,20)(H,21,22)/t8-,11?/m1/s1. The molecule has 6 N–H and O–H groups in total. The first kappa shape index (κ1) is 20.8. The van der Waals surface area contributed by atoms with Gasteiger partial charge in [0.1, 0.15) is 6.04 Å². The molecule has 3 atom stereocenters. The highest BCUT2D eigenvalue weighted by atomic mass is 16.8. The zero-order chi connectivity index (χ0) is 19.9. The number of carboxylic acid groups (broad SMARTS) is 3. The Kier molecular flexibility index (Phi) is 7.46. The normalized spacial score (nSPS) is 13.9. The highest BCUT2D eigenvalue weighted by Gasteiger charge is 2.31. The highest BCUT2D eigenvalue weighted by Crippen LogP contribution is 2.23. The maximum atomic E-state index is 11.8. The number of carboxylic acids is 3. The van der Waals surface area contributed by atoms with Gasteiger partial charge in [-0.3, -0.25) is 4.79 Å². The monoisotopic (exact) mass is 372 g/mol. The molecular formula is C14H16N2O10. The Morgan fingerprint density at radius 3 is 2.23 bits per heavy atom. The van der Waals surface area contributed by atoms with Crippen molar-refractivity contribution in [2.24, 2.45) is 0 Å². The number of benzene rings is 1. The molecule has 0 aliphatic rings. The summed E-state index contributed by atoms with van der Waals surface area (Å²) in [5.41, 5.74) is -0.728. The van der Waals surface area contributed by atoms with Crippen molar-refractivity contribution in [3.05, 3.63) is 35.0 Å². The summed E-state index contributed by atoms with van der Waals surface area (Å²) in [5, 5.41) is 47.4. The number of carbonyl (C=O) groups is 4. The Hall–Kier alpha value is -3.22. The first-order valence-electron chi connectivity index (χ1n) is 7.10. The van der Waals surface area contributed by atoms with Crippen LogP contribution < -0.4 is 10.5 Å². The van der Waals surface area contributed by atoms with Crippen LogP contribution in [0.4, 0.5) is 10.5 Å². The van der Waals surface area contributed by atoms with E-state index in [0.717, 1.165) is 12.1 Å². The minimum atomic E-state index is -2.00. The maximum Gasteiger partial charge on any atom is 0.409 e. The van der Waals surface area contributed by atoms with Crippen molar-refractivity contribution in [3.63, 3.8) is 0 Å². The van der Waals surface area contributed by atoms with Crippen LogP contribution in [0.3, 0.4) is 0 Å². The van der Waals surface area contributed by atoms with Gasteiger partial charge in [-0.05, 0) is 12.5 Å². The summed E-state index contributed by atoms with van der Waals surface area (Å²) in [5.74, 6) is -4.50. The Morgan fingerprint density at radius 1 is 1.12 bits per heavy atom. The first-order chi connectivity index (χ1) is 12.1. The van der Waals surface area contributed by atoms with Crippen molar-refractivity contribution in [3.8, 4) is 0 Å².